The van der Waals surface area contributed by atoms with Crippen LogP contribution in [0.1, 0.15) is 30.5 Å². The molecule has 0 fully saturated rings. The van der Waals surface area contributed by atoms with Crippen molar-refractivity contribution in [3.8, 4) is 5.75 Å². The molecule has 3 nitrogen and oxygen atoms in total. The van der Waals surface area contributed by atoms with E-state index in [4.69, 9.17) is 4.74 Å². The van der Waals surface area contributed by atoms with Crippen LogP contribution in [-0.4, -0.2) is 13.0 Å². The number of fused-ring (bicyclic) bond motifs is 1. The van der Waals surface area contributed by atoms with E-state index in [-0.39, 0.29) is 17.7 Å². The molecule has 0 saturated heterocycles. The number of benzene rings is 3. The molecule has 1 atom stereocenters. The minimum atomic E-state index is -0.408. The molecule has 4 heteroatoms. The molecule has 0 aliphatic rings. The summed E-state index contributed by atoms with van der Waals surface area (Å²) in [5.41, 5.74) is 1.86. The molecule has 0 aliphatic carbocycles. The Kier molecular flexibility index (Phi) is 5.52. The summed E-state index contributed by atoms with van der Waals surface area (Å²) >= 11 is 0. The maximum atomic E-state index is 13.7. The van der Waals surface area contributed by atoms with E-state index in [9.17, 15) is 9.18 Å². The van der Waals surface area contributed by atoms with Crippen LogP contribution in [-0.2, 0) is 11.2 Å². The zero-order valence-electron chi connectivity index (χ0n) is 15.0. The molecule has 0 radical (unpaired) electrons. The van der Waals surface area contributed by atoms with Gasteiger partial charge >= 0.3 is 0 Å². The van der Waals surface area contributed by atoms with Crippen molar-refractivity contribution in [2.24, 2.45) is 0 Å². The molecule has 0 bridgehead atoms. The van der Waals surface area contributed by atoms with Crippen molar-refractivity contribution in [3.05, 3.63) is 77.6 Å². The topological polar surface area (TPSA) is 38.3 Å². The van der Waals surface area contributed by atoms with Gasteiger partial charge in [-0.3, -0.25) is 4.79 Å². The number of methoxy groups -OCH3 is 1. The fourth-order valence-electron chi connectivity index (χ4n) is 3.14. The van der Waals surface area contributed by atoms with Crippen LogP contribution in [0.3, 0.4) is 0 Å². The van der Waals surface area contributed by atoms with Gasteiger partial charge in [-0.25, -0.2) is 4.39 Å². The quantitative estimate of drug-likeness (QED) is 0.693. The molecule has 0 spiro atoms. The van der Waals surface area contributed by atoms with Gasteiger partial charge in [-0.2, -0.15) is 0 Å². The average Bonchev–Trinajstić information content (AvgIpc) is 2.66. The third-order valence-electron chi connectivity index (χ3n) is 4.52. The highest BCUT2D eigenvalue weighted by Gasteiger charge is 2.12. The Labute approximate surface area is 152 Å². The second-order valence-electron chi connectivity index (χ2n) is 6.33. The van der Waals surface area contributed by atoms with Gasteiger partial charge in [0.2, 0.25) is 5.91 Å². The molecule has 1 amide bonds. The molecule has 3 aromatic rings. The standard InChI is InChI=1S/C22H22FNO2/c1-15(18-9-5-7-17-6-3-4-8-19(17)18)24-22(25)13-11-16-10-12-21(26-2)20(23)14-16/h3-10,12,14-15H,11,13H2,1-2H3,(H,24,25). The number of hydrogen-bond donors (Lipinski definition) is 1. The van der Waals surface area contributed by atoms with E-state index in [1.54, 1.807) is 12.1 Å². The zero-order valence-corrected chi connectivity index (χ0v) is 15.0. The first kappa shape index (κ1) is 17.9. The molecule has 1 N–H and O–H groups in total. The summed E-state index contributed by atoms with van der Waals surface area (Å²) in [4.78, 5) is 12.3. The van der Waals surface area contributed by atoms with Crippen LogP contribution in [0.5, 0.6) is 5.75 Å². The van der Waals surface area contributed by atoms with E-state index >= 15 is 0 Å². The van der Waals surface area contributed by atoms with E-state index in [2.05, 4.69) is 23.5 Å². The molecule has 26 heavy (non-hydrogen) atoms. The van der Waals surface area contributed by atoms with Gasteiger partial charge in [0, 0.05) is 6.42 Å². The van der Waals surface area contributed by atoms with Crippen molar-refractivity contribution in [2.75, 3.05) is 7.11 Å². The van der Waals surface area contributed by atoms with Crippen LogP contribution < -0.4 is 10.1 Å². The van der Waals surface area contributed by atoms with Gasteiger partial charge in [-0.15, -0.1) is 0 Å². The van der Waals surface area contributed by atoms with Gasteiger partial charge in [-0.05, 0) is 47.4 Å². The Bertz CT molecular complexity index is 918. The number of halogens is 1. The average molecular weight is 351 g/mol. The van der Waals surface area contributed by atoms with Gasteiger partial charge in [0.1, 0.15) is 0 Å². The maximum absolute atomic E-state index is 13.7. The minimum absolute atomic E-state index is 0.0540. The Morgan fingerprint density at radius 3 is 2.65 bits per heavy atom. The van der Waals surface area contributed by atoms with Crippen molar-refractivity contribution >= 4 is 16.7 Å². The second-order valence-corrected chi connectivity index (χ2v) is 6.33. The van der Waals surface area contributed by atoms with E-state index < -0.39 is 5.82 Å². The lowest BCUT2D eigenvalue weighted by Gasteiger charge is -2.17. The summed E-state index contributed by atoms with van der Waals surface area (Å²) in [6.45, 7) is 1.98. The number of rotatable bonds is 6. The molecular formula is C22H22FNO2. The monoisotopic (exact) mass is 351 g/mol. The summed E-state index contributed by atoms with van der Waals surface area (Å²) in [7, 11) is 1.43. The second kappa shape index (κ2) is 8.00. The summed E-state index contributed by atoms with van der Waals surface area (Å²) in [5, 5.41) is 5.33. The van der Waals surface area contributed by atoms with Crippen molar-refractivity contribution in [1.29, 1.82) is 0 Å². The smallest absolute Gasteiger partial charge is 0.220 e. The third kappa shape index (κ3) is 4.02. The lowest BCUT2D eigenvalue weighted by atomic mass is 9.99. The highest BCUT2D eigenvalue weighted by molar-refractivity contribution is 5.86. The van der Waals surface area contributed by atoms with Crippen molar-refractivity contribution in [3.63, 3.8) is 0 Å². The maximum Gasteiger partial charge on any atom is 0.220 e. The van der Waals surface area contributed by atoms with Gasteiger partial charge in [-0.1, -0.05) is 48.5 Å². The Hall–Kier alpha value is -2.88. The number of aryl methyl sites for hydroxylation is 1. The number of ether oxygens (including phenoxy) is 1. The van der Waals surface area contributed by atoms with Crippen LogP contribution in [0.4, 0.5) is 4.39 Å². The van der Waals surface area contributed by atoms with E-state index in [0.717, 1.165) is 21.9 Å². The number of carbonyl (C=O) groups excluding carboxylic acids is 1. The zero-order chi connectivity index (χ0) is 18.5. The summed E-state index contributed by atoms with van der Waals surface area (Å²) < 4.78 is 18.6. The molecule has 0 aliphatic heterocycles. The highest BCUT2D eigenvalue weighted by Crippen LogP contribution is 2.24. The molecule has 0 heterocycles. The van der Waals surface area contributed by atoms with Crippen molar-refractivity contribution in [2.45, 2.75) is 25.8 Å². The van der Waals surface area contributed by atoms with E-state index in [0.29, 0.717) is 12.8 Å². The predicted molar refractivity (Wildman–Crippen MR) is 102 cm³/mol. The molecule has 0 saturated carbocycles. The van der Waals surface area contributed by atoms with Gasteiger partial charge in [0.05, 0.1) is 13.2 Å². The largest absolute Gasteiger partial charge is 0.494 e. The van der Waals surface area contributed by atoms with E-state index in [1.807, 2.05) is 31.2 Å². The van der Waals surface area contributed by atoms with Gasteiger partial charge in [0.15, 0.2) is 11.6 Å². The highest BCUT2D eigenvalue weighted by atomic mass is 19.1. The summed E-state index contributed by atoms with van der Waals surface area (Å²) in [6, 6.07) is 18.9. The first-order valence-corrected chi connectivity index (χ1v) is 8.68. The Morgan fingerprint density at radius 1 is 1.12 bits per heavy atom. The van der Waals surface area contributed by atoms with Crippen molar-refractivity contribution < 1.29 is 13.9 Å². The molecule has 3 rings (SSSR count). The first-order chi connectivity index (χ1) is 12.6. The lowest BCUT2D eigenvalue weighted by Crippen LogP contribution is -2.27. The van der Waals surface area contributed by atoms with Crippen LogP contribution in [0.2, 0.25) is 0 Å². The molecule has 3 aromatic carbocycles. The van der Waals surface area contributed by atoms with E-state index in [1.165, 1.54) is 13.2 Å². The summed E-state index contributed by atoms with van der Waals surface area (Å²) in [5.74, 6) is -0.251. The first-order valence-electron chi connectivity index (χ1n) is 8.68. The third-order valence-corrected chi connectivity index (χ3v) is 4.52. The number of carbonyl (C=O) groups is 1. The van der Waals surface area contributed by atoms with Crippen molar-refractivity contribution in [1.82, 2.24) is 5.32 Å². The van der Waals surface area contributed by atoms with Gasteiger partial charge in [0.25, 0.3) is 0 Å². The predicted octanol–water partition coefficient (Wildman–Crippen LogP) is 4.80. The number of hydrogen-bond acceptors (Lipinski definition) is 2. The Morgan fingerprint density at radius 2 is 1.88 bits per heavy atom. The fourth-order valence-corrected chi connectivity index (χ4v) is 3.14. The van der Waals surface area contributed by atoms with Crippen LogP contribution in [0.25, 0.3) is 10.8 Å². The van der Waals surface area contributed by atoms with Crippen LogP contribution in [0, 0.1) is 5.82 Å². The normalized spacial score (nSPS) is 12.0. The Balaban J connectivity index is 1.63. The summed E-state index contributed by atoms with van der Waals surface area (Å²) in [6.07, 6.45) is 0.788. The fraction of sp³-hybridized carbons (Fsp3) is 0.227. The molecule has 1 unspecified atom stereocenters. The minimum Gasteiger partial charge on any atom is -0.494 e. The van der Waals surface area contributed by atoms with Crippen LogP contribution in [0.15, 0.2) is 60.7 Å². The lowest BCUT2D eigenvalue weighted by molar-refractivity contribution is -0.121. The number of nitrogens with one attached hydrogen (secondary N) is 1. The van der Waals surface area contributed by atoms with Gasteiger partial charge < -0.3 is 10.1 Å². The molecule has 0 aromatic heterocycles. The molecular weight excluding hydrogens is 329 g/mol. The SMILES string of the molecule is COc1ccc(CCC(=O)NC(C)c2cccc3ccccc23)cc1F. The molecule has 134 valence electrons. The van der Waals surface area contributed by atoms with Crippen LogP contribution >= 0.6 is 0 Å². The number of amides is 1.